The minimum atomic E-state index is -0.483. The van der Waals surface area contributed by atoms with Crippen LogP contribution in [0.25, 0.3) is 10.8 Å². The van der Waals surface area contributed by atoms with Gasteiger partial charge in [0, 0.05) is 26.8 Å². The highest BCUT2D eigenvalue weighted by molar-refractivity contribution is 8.00. The van der Waals surface area contributed by atoms with E-state index in [1.807, 2.05) is 66.7 Å². The van der Waals surface area contributed by atoms with Crippen molar-refractivity contribution in [2.45, 2.75) is 29.2 Å². The maximum absolute atomic E-state index is 14.0. The Hall–Kier alpha value is -4.25. The van der Waals surface area contributed by atoms with E-state index in [0.29, 0.717) is 16.4 Å². The number of thioether (sulfide) groups is 1. The Morgan fingerprint density at radius 1 is 0.875 bits per heavy atom. The fraction of sp³-hybridized carbons (Fsp3) is 0.243. The smallest absolute Gasteiger partial charge is 0.308 e. The number of aromatic nitrogens is 1. The predicted octanol–water partition coefficient (Wildman–Crippen LogP) is 7.17. The Labute approximate surface area is 287 Å². The van der Waals surface area contributed by atoms with Crippen LogP contribution in [0.4, 0.5) is 15.8 Å². The van der Waals surface area contributed by atoms with Crippen LogP contribution in [0.5, 0.6) is 0 Å². The number of amides is 3. The summed E-state index contributed by atoms with van der Waals surface area (Å²) in [6.07, 6.45) is 0.734. The van der Waals surface area contributed by atoms with Crippen molar-refractivity contribution >= 4 is 74.6 Å². The highest BCUT2D eigenvalue weighted by Crippen LogP contribution is 2.69. The zero-order valence-corrected chi connectivity index (χ0v) is 27.6. The number of rotatable bonds is 5. The molecule has 2 aliphatic heterocycles. The van der Waals surface area contributed by atoms with Crippen molar-refractivity contribution < 1.29 is 18.8 Å². The molecule has 7 unspecified atom stereocenters. The fourth-order valence-corrected chi connectivity index (χ4v) is 12.0. The average molecular weight is 696 g/mol. The minimum absolute atomic E-state index is 0.00207. The van der Waals surface area contributed by atoms with Gasteiger partial charge in [0.25, 0.3) is 0 Å². The molecule has 3 amide bonds. The molecule has 7 atom stereocenters. The Bertz CT molecular complexity index is 2220. The van der Waals surface area contributed by atoms with Gasteiger partial charge in [-0.25, -0.2) is 4.39 Å². The summed E-state index contributed by atoms with van der Waals surface area (Å²) in [4.78, 5) is 56.9. The third-order valence-corrected chi connectivity index (χ3v) is 13.6. The third-order valence-electron chi connectivity index (χ3n) is 10.6. The van der Waals surface area contributed by atoms with Gasteiger partial charge in [-0.05, 0) is 89.0 Å². The first kappa shape index (κ1) is 29.9. The molecule has 3 heterocycles. The summed E-state index contributed by atoms with van der Waals surface area (Å²) < 4.78 is 15.3. The van der Waals surface area contributed by atoms with Crippen LogP contribution in [0.15, 0.2) is 101 Å². The van der Waals surface area contributed by atoms with E-state index in [4.69, 9.17) is 11.6 Å². The summed E-state index contributed by atoms with van der Waals surface area (Å²) in [6.45, 7) is -0.148. The van der Waals surface area contributed by atoms with E-state index in [-0.39, 0.29) is 58.1 Å². The predicted molar refractivity (Wildman–Crippen MR) is 185 cm³/mol. The first-order valence-corrected chi connectivity index (χ1v) is 17.9. The average Bonchev–Trinajstić information content (AvgIpc) is 3.80. The first-order valence-electron chi connectivity index (χ1n) is 15.8. The molecule has 2 aliphatic carbocycles. The summed E-state index contributed by atoms with van der Waals surface area (Å²) >= 11 is 9.02. The van der Waals surface area contributed by atoms with Gasteiger partial charge in [0.15, 0.2) is 0 Å². The molecular weight excluding hydrogens is 669 g/mol. The Balaban J connectivity index is 1.07. The molecule has 240 valence electrons. The Kier molecular flexibility index (Phi) is 6.94. The molecule has 4 aliphatic rings. The molecule has 5 aromatic rings. The molecule has 2 bridgehead atoms. The number of nitrogens with zero attached hydrogens (tertiary/aromatic N) is 2. The molecule has 11 heteroatoms. The highest BCUT2D eigenvalue weighted by atomic mass is 35.5. The number of hydrogen-bond donors (Lipinski definition) is 1. The number of carbonyl (C=O) groups excluding carboxylic acids is 3. The SMILES string of the molecule is O=C(Cn1c2c(sc1=O)C(c1ccc(Cl)cc1)C1C3CC(C1S2)C1C(=O)N(c2ccc(F)cc2)C(=O)C31)Nc1ccc2ccccc2c1. The monoisotopic (exact) mass is 695 g/mol. The van der Waals surface area contributed by atoms with Crippen LogP contribution in [0.3, 0.4) is 0 Å². The van der Waals surface area contributed by atoms with Crippen molar-refractivity contribution in [3.05, 3.63) is 122 Å². The zero-order valence-electron chi connectivity index (χ0n) is 25.2. The minimum Gasteiger partial charge on any atom is -0.325 e. The number of imide groups is 1. The number of nitrogens with one attached hydrogen (secondary N) is 1. The van der Waals surface area contributed by atoms with Crippen molar-refractivity contribution in [1.82, 2.24) is 4.57 Å². The van der Waals surface area contributed by atoms with Gasteiger partial charge >= 0.3 is 4.87 Å². The number of thiazole rings is 1. The molecule has 3 fully saturated rings. The number of hydrogen-bond acceptors (Lipinski definition) is 6. The number of benzene rings is 4. The van der Waals surface area contributed by atoms with Crippen LogP contribution in [0, 0.1) is 35.4 Å². The van der Waals surface area contributed by atoms with E-state index in [2.05, 4.69) is 5.32 Å². The quantitative estimate of drug-likeness (QED) is 0.197. The molecule has 7 nitrogen and oxygen atoms in total. The van der Waals surface area contributed by atoms with Crippen molar-refractivity contribution in [2.75, 3.05) is 10.2 Å². The lowest BCUT2D eigenvalue weighted by Gasteiger charge is -2.43. The highest BCUT2D eigenvalue weighted by Gasteiger charge is 2.69. The van der Waals surface area contributed by atoms with E-state index in [1.54, 1.807) is 16.3 Å². The summed E-state index contributed by atoms with van der Waals surface area (Å²) in [5.41, 5.74) is 2.02. The molecule has 1 N–H and O–H groups in total. The molecule has 1 saturated heterocycles. The second-order valence-corrected chi connectivity index (χ2v) is 15.6. The van der Waals surface area contributed by atoms with Gasteiger partial charge in [0.05, 0.1) is 22.5 Å². The van der Waals surface area contributed by atoms with Crippen LogP contribution in [0.1, 0.15) is 22.8 Å². The van der Waals surface area contributed by atoms with Gasteiger partial charge < -0.3 is 5.32 Å². The van der Waals surface area contributed by atoms with Crippen molar-refractivity contribution in [2.24, 2.45) is 29.6 Å². The van der Waals surface area contributed by atoms with Gasteiger partial charge in [-0.15, -0.1) is 11.8 Å². The lowest BCUT2D eigenvalue weighted by molar-refractivity contribution is -0.123. The molecule has 1 aromatic heterocycles. The molecule has 9 rings (SSSR count). The summed E-state index contributed by atoms with van der Waals surface area (Å²) in [5, 5.41) is 6.33. The molecule has 0 spiro atoms. The maximum atomic E-state index is 14.0. The number of fused-ring (bicyclic) bond motifs is 10. The summed E-state index contributed by atoms with van der Waals surface area (Å²) in [5.74, 6) is -2.54. The summed E-state index contributed by atoms with van der Waals surface area (Å²) in [7, 11) is 0. The van der Waals surface area contributed by atoms with E-state index in [9.17, 15) is 23.6 Å². The standard InChI is InChI=1S/C37H27ClFN3O4S2/c38-21-8-5-19(6-9-21)28-29-25-16-26(31-30(25)34(44)42(35(31)45)24-13-10-22(39)11-14-24)32(29)47-36-33(28)48-37(46)41(36)17-27(43)40-23-12-7-18-3-1-2-4-20(18)15-23/h1-15,25-26,28-32H,16-17H2,(H,40,43). The van der Waals surface area contributed by atoms with Crippen molar-refractivity contribution in [3.63, 3.8) is 0 Å². The van der Waals surface area contributed by atoms with Crippen LogP contribution in [0.2, 0.25) is 5.02 Å². The fourth-order valence-electron chi connectivity index (χ4n) is 8.75. The largest absolute Gasteiger partial charge is 0.325 e. The van der Waals surface area contributed by atoms with Crippen molar-refractivity contribution in [1.29, 1.82) is 0 Å². The molecule has 48 heavy (non-hydrogen) atoms. The number of anilines is 2. The Morgan fingerprint density at radius 3 is 2.33 bits per heavy atom. The lowest BCUT2D eigenvalue weighted by atomic mass is 9.68. The Morgan fingerprint density at radius 2 is 1.58 bits per heavy atom. The molecular formula is C37H27ClFN3O4S2. The van der Waals surface area contributed by atoms with E-state index in [1.165, 1.54) is 29.2 Å². The second kappa shape index (κ2) is 11.1. The molecule has 4 aromatic carbocycles. The normalized spacial score (nSPS) is 26.9. The van der Waals surface area contributed by atoms with Gasteiger partial charge in [-0.3, -0.25) is 28.6 Å². The van der Waals surface area contributed by atoms with Gasteiger partial charge in [0.1, 0.15) is 12.4 Å². The van der Waals surface area contributed by atoms with Crippen LogP contribution < -0.4 is 15.1 Å². The van der Waals surface area contributed by atoms with Crippen molar-refractivity contribution in [3.8, 4) is 0 Å². The van der Waals surface area contributed by atoms with E-state index >= 15 is 0 Å². The van der Waals surface area contributed by atoms with Gasteiger partial charge in [0.2, 0.25) is 17.7 Å². The van der Waals surface area contributed by atoms with Gasteiger partial charge in [-0.2, -0.15) is 0 Å². The zero-order chi connectivity index (χ0) is 32.8. The number of halogens is 2. The first-order chi connectivity index (χ1) is 23.3. The van der Waals surface area contributed by atoms with Crippen LogP contribution >= 0.6 is 34.7 Å². The second-order valence-electron chi connectivity index (χ2n) is 13.0. The van der Waals surface area contributed by atoms with Crippen LogP contribution in [-0.4, -0.2) is 27.5 Å². The third kappa shape index (κ3) is 4.53. The maximum Gasteiger partial charge on any atom is 0.308 e. The van der Waals surface area contributed by atoms with Gasteiger partial charge in [-0.1, -0.05) is 65.4 Å². The van der Waals surface area contributed by atoms with E-state index < -0.39 is 17.7 Å². The topological polar surface area (TPSA) is 88.5 Å². The number of carbonyl (C=O) groups is 3. The molecule has 0 radical (unpaired) electrons. The van der Waals surface area contributed by atoms with E-state index in [0.717, 1.165) is 44.0 Å². The van der Waals surface area contributed by atoms with Crippen LogP contribution in [-0.2, 0) is 20.9 Å². The molecule has 2 saturated carbocycles. The summed E-state index contributed by atoms with van der Waals surface area (Å²) in [6, 6.07) is 26.7. The lowest BCUT2D eigenvalue weighted by Crippen LogP contribution is -2.43.